The predicted octanol–water partition coefficient (Wildman–Crippen LogP) is 2.26. The number of para-hydroxylation sites is 1. The van der Waals surface area contributed by atoms with Crippen LogP contribution in [0.2, 0.25) is 0 Å². The van der Waals surface area contributed by atoms with Gasteiger partial charge >= 0.3 is 5.91 Å². The lowest BCUT2D eigenvalue weighted by Crippen LogP contribution is -2.33. The van der Waals surface area contributed by atoms with Gasteiger partial charge in [0.25, 0.3) is 0 Å². The second kappa shape index (κ2) is 10.4. The number of pyridine rings is 2. The van der Waals surface area contributed by atoms with Gasteiger partial charge in [-0.15, -0.1) is 10.2 Å². The number of hydrogen-bond donors (Lipinski definition) is 1. The molecule has 12 nitrogen and oxygen atoms in total. The van der Waals surface area contributed by atoms with Gasteiger partial charge in [0, 0.05) is 13.7 Å². The fourth-order valence-corrected chi connectivity index (χ4v) is 4.42. The molecule has 0 aliphatic heterocycles. The molecular weight excluding hydrogens is 488 g/mol. The topological polar surface area (TPSA) is 147 Å². The molecule has 0 spiro atoms. The summed E-state index contributed by atoms with van der Waals surface area (Å²) >= 11 is 0. The van der Waals surface area contributed by atoms with Crippen molar-refractivity contribution in [3.05, 3.63) is 72.3 Å². The number of amides is 1. The van der Waals surface area contributed by atoms with E-state index in [0.29, 0.717) is 23.1 Å². The third kappa shape index (κ3) is 5.10. The van der Waals surface area contributed by atoms with Gasteiger partial charge in [0.15, 0.2) is 5.82 Å². The molecule has 1 amide bonds. The zero-order valence-corrected chi connectivity index (χ0v) is 20.4. The van der Waals surface area contributed by atoms with E-state index in [2.05, 4.69) is 20.2 Å². The molecule has 0 atom stereocenters. The quantitative estimate of drug-likeness (QED) is 0.354. The smallest absolute Gasteiger partial charge is 0.303 e. The van der Waals surface area contributed by atoms with Gasteiger partial charge in [-0.2, -0.15) is 0 Å². The van der Waals surface area contributed by atoms with Crippen LogP contribution in [-0.2, 0) is 15.8 Å². The van der Waals surface area contributed by atoms with Crippen molar-refractivity contribution in [2.24, 2.45) is 0 Å². The summed E-state index contributed by atoms with van der Waals surface area (Å²) in [6.45, 7) is 0. The highest BCUT2D eigenvalue weighted by atomic mass is 32.2. The van der Waals surface area contributed by atoms with Gasteiger partial charge in [-0.3, -0.25) is 14.3 Å². The lowest BCUT2D eigenvalue weighted by atomic mass is 10.2. The van der Waals surface area contributed by atoms with Crippen LogP contribution in [0.25, 0.3) is 17.2 Å². The summed E-state index contributed by atoms with van der Waals surface area (Å²) in [4.78, 5) is 21.6. The number of carbonyl (C=O) groups is 1. The third-order valence-electron chi connectivity index (χ3n) is 4.97. The molecule has 3 heterocycles. The van der Waals surface area contributed by atoms with Crippen LogP contribution in [-0.4, -0.2) is 60.4 Å². The van der Waals surface area contributed by atoms with Gasteiger partial charge < -0.3 is 14.2 Å². The highest BCUT2D eigenvalue weighted by molar-refractivity contribution is 7.89. The van der Waals surface area contributed by atoms with E-state index < -0.39 is 21.7 Å². The summed E-state index contributed by atoms with van der Waals surface area (Å²) < 4.78 is 45.0. The normalized spacial score (nSPS) is 11.1. The lowest BCUT2D eigenvalue weighted by Gasteiger charge is -2.17. The maximum absolute atomic E-state index is 13.3. The minimum atomic E-state index is -4.12. The summed E-state index contributed by atoms with van der Waals surface area (Å²) in [6, 6.07) is 14.8. The van der Waals surface area contributed by atoms with Crippen LogP contribution in [0.3, 0.4) is 0 Å². The maximum Gasteiger partial charge on any atom is 0.303 e. The largest absolute Gasteiger partial charge is 0.494 e. The predicted molar refractivity (Wildman–Crippen MR) is 131 cm³/mol. The van der Waals surface area contributed by atoms with Crippen molar-refractivity contribution < 1.29 is 28.8 Å². The Morgan fingerprint density at radius 1 is 0.944 bits per heavy atom. The van der Waals surface area contributed by atoms with Gasteiger partial charge in [-0.1, -0.05) is 18.2 Å². The molecule has 0 aliphatic carbocycles. The Bertz CT molecular complexity index is 1470. The number of hydrogen-bond acceptors (Lipinski definition) is 10. The Hall–Kier alpha value is -4.52. The molecule has 4 aromatic rings. The first-order valence-corrected chi connectivity index (χ1v) is 12.1. The summed E-state index contributed by atoms with van der Waals surface area (Å²) in [5.74, 6) is -0.771. The molecule has 1 N–H and O–H groups in total. The Morgan fingerprint density at radius 3 is 2.31 bits per heavy atom. The average Bonchev–Trinajstić information content (AvgIpc) is 3.33. The molecule has 0 saturated carbocycles. The van der Waals surface area contributed by atoms with E-state index in [0.717, 1.165) is 0 Å². The van der Waals surface area contributed by atoms with Crippen LogP contribution in [0.5, 0.6) is 17.4 Å². The van der Waals surface area contributed by atoms with Crippen molar-refractivity contribution in [2.45, 2.75) is 5.75 Å². The molecule has 0 radical (unpaired) electrons. The molecule has 0 unspecified atom stereocenters. The minimum Gasteiger partial charge on any atom is -0.494 e. The molecular formula is C23H24N6O6S. The first-order chi connectivity index (χ1) is 17.4. The fourth-order valence-electron chi connectivity index (χ4n) is 3.42. The summed E-state index contributed by atoms with van der Waals surface area (Å²) in [5.41, 5.74) is 0.858. The number of nitrogens with zero attached hydrogens (tertiary/aromatic N) is 5. The number of ether oxygens (including phenoxy) is 3. The molecule has 0 fully saturated rings. The molecule has 0 saturated heterocycles. The van der Waals surface area contributed by atoms with E-state index in [1.165, 1.54) is 32.1 Å². The maximum atomic E-state index is 13.3. The van der Waals surface area contributed by atoms with E-state index in [1.807, 2.05) is 4.72 Å². The second-order valence-electron chi connectivity index (χ2n) is 7.27. The van der Waals surface area contributed by atoms with Gasteiger partial charge in [0.05, 0.1) is 27.0 Å². The number of aromatic nitrogens is 5. The van der Waals surface area contributed by atoms with Crippen molar-refractivity contribution in [3.8, 4) is 34.6 Å². The highest BCUT2D eigenvalue weighted by Crippen LogP contribution is 2.36. The van der Waals surface area contributed by atoms with Gasteiger partial charge in [-0.05, 0) is 30.3 Å². The van der Waals surface area contributed by atoms with Crippen molar-refractivity contribution >= 4 is 15.9 Å². The molecule has 188 valence electrons. The molecule has 3 aromatic heterocycles. The molecule has 0 aliphatic rings. The molecule has 4 rings (SSSR count). The molecule has 1 aromatic carbocycles. The van der Waals surface area contributed by atoms with Crippen LogP contribution in [0.1, 0.15) is 17.7 Å². The van der Waals surface area contributed by atoms with E-state index in [-0.39, 0.29) is 24.5 Å². The van der Waals surface area contributed by atoms with Crippen molar-refractivity contribution in [2.75, 3.05) is 21.3 Å². The van der Waals surface area contributed by atoms with E-state index in [4.69, 9.17) is 14.2 Å². The van der Waals surface area contributed by atoms with Crippen molar-refractivity contribution in [1.82, 2.24) is 29.5 Å². The standard InChI is InChI=1S/C23H22N6O6S.H2/c1-33-17-10-7-11-18(34-2)20(17)29-21(16-9-6-12-19(25-16)35-3)26-27-22(29)23(30)28-36(31,32)14-15-8-4-5-13-24-15;/h4-13H,14H2,1-3H3,(H,28,30);1H. The number of rotatable bonds is 9. The highest BCUT2D eigenvalue weighted by Gasteiger charge is 2.29. The zero-order valence-electron chi connectivity index (χ0n) is 19.6. The fraction of sp³-hybridized carbons (Fsp3) is 0.174. The SMILES string of the molecule is COc1cccc(-c2nnc(C(=O)NS(=O)(=O)Cc3ccccn3)n2-c2c(OC)cccc2OC)n1.[HH]. The van der Waals surface area contributed by atoms with Crippen LogP contribution in [0, 0.1) is 0 Å². The summed E-state index contributed by atoms with van der Waals surface area (Å²) in [5, 5.41) is 8.14. The van der Waals surface area contributed by atoms with Gasteiger partial charge in [-0.25, -0.2) is 18.1 Å². The Labute approximate surface area is 208 Å². The zero-order chi connectivity index (χ0) is 25.7. The monoisotopic (exact) mass is 512 g/mol. The average molecular weight is 513 g/mol. The van der Waals surface area contributed by atoms with E-state index in [1.54, 1.807) is 54.6 Å². The van der Waals surface area contributed by atoms with Crippen LogP contribution >= 0.6 is 0 Å². The van der Waals surface area contributed by atoms with E-state index >= 15 is 0 Å². The third-order valence-corrected chi connectivity index (χ3v) is 6.14. The first kappa shape index (κ1) is 24.6. The van der Waals surface area contributed by atoms with Crippen LogP contribution in [0.4, 0.5) is 0 Å². The molecule has 13 heteroatoms. The minimum absolute atomic E-state index is 0. The first-order valence-electron chi connectivity index (χ1n) is 10.5. The van der Waals surface area contributed by atoms with Crippen LogP contribution < -0.4 is 18.9 Å². The molecule has 36 heavy (non-hydrogen) atoms. The number of methoxy groups -OCH3 is 3. The Balaban J connectivity index is 0.00000380. The summed E-state index contributed by atoms with van der Waals surface area (Å²) in [6.07, 6.45) is 1.46. The lowest BCUT2D eigenvalue weighted by molar-refractivity contribution is 0.0969. The van der Waals surface area contributed by atoms with Crippen molar-refractivity contribution in [1.29, 1.82) is 0 Å². The van der Waals surface area contributed by atoms with Crippen molar-refractivity contribution in [3.63, 3.8) is 0 Å². The Morgan fingerprint density at radius 2 is 1.67 bits per heavy atom. The second-order valence-corrected chi connectivity index (χ2v) is 8.99. The van der Waals surface area contributed by atoms with Gasteiger partial charge in [0.2, 0.25) is 21.7 Å². The number of nitrogens with one attached hydrogen (secondary N) is 1. The van der Waals surface area contributed by atoms with E-state index in [9.17, 15) is 13.2 Å². The summed E-state index contributed by atoms with van der Waals surface area (Å²) in [7, 11) is 0.239. The number of sulfonamides is 1. The molecule has 0 bridgehead atoms. The van der Waals surface area contributed by atoms with Gasteiger partial charge in [0.1, 0.15) is 28.6 Å². The number of benzene rings is 1. The number of carbonyl (C=O) groups excluding carboxylic acids is 1. The van der Waals surface area contributed by atoms with Crippen LogP contribution in [0.15, 0.2) is 60.8 Å². The Kier molecular flexibility index (Phi) is 7.10.